The summed E-state index contributed by atoms with van der Waals surface area (Å²) in [5, 5.41) is 0.662. The molecule has 0 amide bonds. The molecule has 0 fully saturated rings. The number of hydrogen-bond donors (Lipinski definition) is 0. The molecule has 21 heavy (non-hydrogen) atoms. The third-order valence-electron chi connectivity index (χ3n) is 3.36. The topological polar surface area (TPSA) is 26.3 Å². The van der Waals surface area contributed by atoms with Crippen LogP contribution in [0.5, 0.6) is 0 Å². The van der Waals surface area contributed by atoms with Gasteiger partial charge in [-0.3, -0.25) is 4.79 Å². The van der Waals surface area contributed by atoms with Crippen molar-refractivity contribution >= 4 is 17.6 Å². The molecule has 0 radical (unpaired) electrons. The number of ether oxygens (including phenoxy) is 1. The molecule has 3 heteroatoms. The first-order valence-corrected chi connectivity index (χ1v) is 7.37. The predicted octanol–water partition coefficient (Wildman–Crippen LogP) is 5.12. The number of carbonyl (C=O) groups excluding carboxylic acids is 1. The van der Waals surface area contributed by atoms with E-state index in [0.29, 0.717) is 10.9 Å². The second-order valence-corrected chi connectivity index (χ2v) is 5.80. The molecular formula is C18H19ClO2. The van der Waals surface area contributed by atoms with Gasteiger partial charge in [-0.15, -0.1) is 0 Å². The fraction of sp³-hybridized carbons (Fsp3) is 0.278. The lowest BCUT2D eigenvalue weighted by atomic mass is 9.97. The average molecular weight is 303 g/mol. The number of hydrogen-bond acceptors (Lipinski definition) is 2. The van der Waals surface area contributed by atoms with Gasteiger partial charge >= 0.3 is 5.97 Å². The van der Waals surface area contributed by atoms with Gasteiger partial charge in [0.15, 0.2) is 6.10 Å². The standard InChI is InChI=1S/C18H19ClO2/c1-12(2)14-4-6-15(7-5-14)18(21-13(3)20)16-8-10-17(19)11-9-16/h4-12,18H,1-3H3/t18-/m0/s1. The van der Waals surface area contributed by atoms with Crippen molar-refractivity contribution in [3.63, 3.8) is 0 Å². The summed E-state index contributed by atoms with van der Waals surface area (Å²) in [5.41, 5.74) is 3.13. The highest BCUT2D eigenvalue weighted by atomic mass is 35.5. The van der Waals surface area contributed by atoms with Crippen LogP contribution in [0.15, 0.2) is 48.5 Å². The van der Waals surface area contributed by atoms with Crippen molar-refractivity contribution in [1.29, 1.82) is 0 Å². The van der Waals surface area contributed by atoms with Crippen molar-refractivity contribution in [2.45, 2.75) is 32.8 Å². The summed E-state index contributed by atoms with van der Waals surface area (Å²) < 4.78 is 5.48. The summed E-state index contributed by atoms with van der Waals surface area (Å²) in [6.45, 7) is 5.72. The van der Waals surface area contributed by atoms with Gasteiger partial charge in [-0.25, -0.2) is 0 Å². The smallest absolute Gasteiger partial charge is 0.303 e. The Morgan fingerprint density at radius 3 is 1.76 bits per heavy atom. The van der Waals surface area contributed by atoms with Crippen molar-refractivity contribution < 1.29 is 9.53 Å². The lowest BCUT2D eigenvalue weighted by Gasteiger charge is -2.19. The van der Waals surface area contributed by atoms with Crippen molar-refractivity contribution in [2.24, 2.45) is 0 Å². The third kappa shape index (κ3) is 4.08. The van der Waals surface area contributed by atoms with Gasteiger partial charge in [0.2, 0.25) is 0 Å². The number of halogens is 1. The summed E-state index contributed by atoms with van der Waals surface area (Å²) in [6.07, 6.45) is -0.402. The second-order valence-electron chi connectivity index (χ2n) is 5.36. The van der Waals surface area contributed by atoms with Crippen LogP contribution in [-0.2, 0) is 9.53 Å². The summed E-state index contributed by atoms with van der Waals surface area (Å²) in [6, 6.07) is 15.5. The van der Waals surface area contributed by atoms with Crippen molar-refractivity contribution in [3.8, 4) is 0 Å². The maximum Gasteiger partial charge on any atom is 0.303 e. The molecule has 0 aliphatic rings. The van der Waals surface area contributed by atoms with Crippen LogP contribution in [0.4, 0.5) is 0 Å². The SMILES string of the molecule is CC(=O)O[C@H](c1ccc(Cl)cc1)c1ccc(C(C)C)cc1. The molecule has 1 atom stereocenters. The minimum absolute atomic E-state index is 0.303. The Bertz CT molecular complexity index is 600. The van der Waals surface area contributed by atoms with E-state index in [2.05, 4.69) is 26.0 Å². The van der Waals surface area contributed by atoms with Gasteiger partial charge in [-0.1, -0.05) is 61.8 Å². The molecule has 2 rings (SSSR count). The van der Waals surface area contributed by atoms with Crippen LogP contribution in [0.25, 0.3) is 0 Å². The average Bonchev–Trinajstić information content (AvgIpc) is 2.46. The molecule has 0 aliphatic heterocycles. The minimum Gasteiger partial charge on any atom is -0.453 e. The maximum absolute atomic E-state index is 11.4. The Kier molecular flexibility index (Phi) is 5.03. The molecule has 2 aromatic carbocycles. The fourth-order valence-corrected chi connectivity index (χ4v) is 2.31. The molecule has 2 nitrogen and oxygen atoms in total. The zero-order valence-electron chi connectivity index (χ0n) is 12.5. The highest BCUT2D eigenvalue weighted by Gasteiger charge is 2.17. The Balaban J connectivity index is 2.35. The van der Waals surface area contributed by atoms with E-state index in [-0.39, 0.29) is 5.97 Å². The van der Waals surface area contributed by atoms with Gasteiger partial charge in [0, 0.05) is 11.9 Å². The van der Waals surface area contributed by atoms with Gasteiger partial charge in [-0.05, 0) is 34.7 Å². The lowest BCUT2D eigenvalue weighted by Crippen LogP contribution is -2.10. The molecule has 0 saturated carbocycles. The quantitative estimate of drug-likeness (QED) is 0.733. The van der Waals surface area contributed by atoms with Crippen LogP contribution >= 0.6 is 11.6 Å². The number of rotatable bonds is 4. The number of carbonyl (C=O) groups is 1. The molecule has 0 bridgehead atoms. The summed E-state index contributed by atoms with van der Waals surface area (Å²) >= 11 is 5.92. The van der Waals surface area contributed by atoms with Crippen molar-refractivity contribution in [2.75, 3.05) is 0 Å². The molecule has 2 aromatic rings. The van der Waals surface area contributed by atoms with Crippen molar-refractivity contribution in [1.82, 2.24) is 0 Å². The van der Waals surface area contributed by atoms with Gasteiger partial charge in [-0.2, -0.15) is 0 Å². The molecule has 0 saturated heterocycles. The first-order valence-electron chi connectivity index (χ1n) is 7.00. The van der Waals surface area contributed by atoms with E-state index in [1.54, 1.807) is 12.1 Å². The van der Waals surface area contributed by atoms with Gasteiger partial charge < -0.3 is 4.74 Å². The van der Waals surface area contributed by atoms with Crippen molar-refractivity contribution in [3.05, 3.63) is 70.2 Å². The van der Waals surface area contributed by atoms with Crippen LogP contribution < -0.4 is 0 Å². The van der Waals surface area contributed by atoms with Crippen LogP contribution in [0.1, 0.15) is 49.5 Å². The maximum atomic E-state index is 11.4. The van der Waals surface area contributed by atoms with Crippen LogP contribution in [0, 0.1) is 0 Å². The Morgan fingerprint density at radius 2 is 1.33 bits per heavy atom. The largest absolute Gasteiger partial charge is 0.453 e. The number of benzene rings is 2. The van der Waals surface area contributed by atoms with E-state index in [4.69, 9.17) is 16.3 Å². The van der Waals surface area contributed by atoms with Crippen LogP contribution in [-0.4, -0.2) is 5.97 Å². The Morgan fingerprint density at radius 1 is 0.905 bits per heavy atom. The summed E-state index contributed by atoms with van der Waals surface area (Å²) in [5.74, 6) is 0.171. The zero-order valence-corrected chi connectivity index (χ0v) is 13.2. The first kappa shape index (κ1) is 15.6. The van der Waals surface area contributed by atoms with E-state index in [9.17, 15) is 4.79 Å². The molecule has 0 heterocycles. The minimum atomic E-state index is -0.402. The highest BCUT2D eigenvalue weighted by molar-refractivity contribution is 6.30. The monoisotopic (exact) mass is 302 g/mol. The molecular weight excluding hydrogens is 284 g/mol. The summed E-state index contributed by atoms with van der Waals surface area (Å²) in [7, 11) is 0. The normalized spacial score (nSPS) is 12.2. The molecule has 0 spiro atoms. The number of esters is 1. The molecule has 0 aromatic heterocycles. The first-order chi connectivity index (χ1) is 9.97. The molecule has 110 valence electrons. The Hall–Kier alpha value is -1.80. The van der Waals surface area contributed by atoms with E-state index in [1.165, 1.54) is 12.5 Å². The second kappa shape index (κ2) is 6.77. The van der Waals surface area contributed by atoms with E-state index in [1.807, 2.05) is 24.3 Å². The van der Waals surface area contributed by atoms with E-state index in [0.717, 1.165) is 11.1 Å². The Labute approximate surface area is 130 Å². The highest BCUT2D eigenvalue weighted by Crippen LogP contribution is 2.28. The molecule has 0 unspecified atom stereocenters. The van der Waals surface area contributed by atoms with Gasteiger partial charge in [0.25, 0.3) is 0 Å². The molecule has 0 aliphatic carbocycles. The lowest BCUT2D eigenvalue weighted by molar-refractivity contribution is -0.144. The summed E-state index contributed by atoms with van der Waals surface area (Å²) in [4.78, 5) is 11.4. The fourth-order valence-electron chi connectivity index (χ4n) is 2.19. The van der Waals surface area contributed by atoms with Crippen LogP contribution in [0.3, 0.4) is 0 Å². The third-order valence-corrected chi connectivity index (χ3v) is 3.61. The predicted molar refractivity (Wildman–Crippen MR) is 85.6 cm³/mol. The zero-order chi connectivity index (χ0) is 15.4. The van der Waals surface area contributed by atoms with E-state index < -0.39 is 6.10 Å². The van der Waals surface area contributed by atoms with E-state index >= 15 is 0 Å². The van der Waals surface area contributed by atoms with Crippen LogP contribution in [0.2, 0.25) is 5.02 Å². The molecule has 0 N–H and O–H groups in total. The van der Waals surface area contributed by atoms with Gasteiger partial charge in [0.05, 0.1) is 0 Å². The van der Waals surface area contributed by atoms with Gasteiger partial charge in [0.1, 0.15) is 0 Å².